The summed E-state index contributed by atoms with van der Waals surface area (Å²) in [5, 5.41) is 13.9. The number of nitro benzene ring substituents is 1. The van der Waals surface area contributed by atoms with E-state index in [2.05, 4.69) is 22.2 Å². The lowest BCUT2D eigenvalue weighted by molar-refractivity contribution is -0.384. The molecule has 1 aliphatic heterocycles. The average molecular weight is 398 g/mol. The quantitative estimate of drug-likeness (QED) is 0.569. The van der Waals surface area contributed by atoms with Crippen molar-refractivity contribution in [3.63, 3.8) is 0 Å². The second-order valence-corrected chi connectivity index (χ2v) is 7.15. The molecule has 154 valence electrons. The summed E-state index contributed by atoms with van der Waals surface area (Å²) in [6.45, 7) is 4.15. The molecule has 2 aromatic rings. The number of rotatable bonds is 7. The number of piperazine rings is 1. The number of nitro groups is 1. The number of carbonyl (C=O) groups is 1. The van der Waals surface area contributed by atoms with Crippen molar-refractivity contribution in [1.82, 2.24) is 15.1 Å². The Morgan fingerprint density at radius 3 is 2.48 bits per heavy atom. The maximum Gasteiger partial charge on any atom is 0.270 e. The largest absolute Gasteiger partial charge is 0.497 e. The number of amides is 1. The molecule has 2 aromatic carbocycles. The molecule has 0 unspecified atom stereocenters. The molecule has 0 bridgehead atoms. The Hall–Kier alpha value is -2.97. The fourth-order valence-corrected chi connectivity index (χ4v) is 3.47. The van der Waals surface area contributed by atoms with Crippen LogP contribution in [-0.4, -0.2) is 67.5 Å². The Morgan fingerprint density at radius 1 is 1.17 bits per heavy atom. The van der Waals surface area contributed by atoms with Crippen molar-refractivity contribution in [2.75, 3.05) is 46.9 Å². The number of hydrogen-bond acceptors (Lipinski definition) is 6. The fraction of sp³-hybridized carbons (Fsp3) is 0.381. The van der Waals surface area contributed by atoms with Crippen molar-refractivity contribution in [2.24, 2.45) is 0 Å². The molecular formula is C21H26N4O4. The molecule has 8 heteroatoms. The predicted molar refractivity (Wildman–Crippen MR) is 110 cm³/mol. The minimum absolute atomic E-state index is 0.0113. The number of likely N-dealkylation sites (N-methyl/N-ethyl adjacent to an activating group) is 1. The smallest absolute Gasteiger partial charge is 0.270 e. The summed E-state index contributed by atoms with van der Waals surface area (Å²) < 4.78 is 5.25. The molecule has 0 aliphatic carbocycles. The number of ether oxygens (including phenoxy) is 1. The first-order valence-corrected chi connectivity index (χ1v) is 9.57. The van der Waals surface area contributed by atoms with E-state index in [0.29, 0.717) is 6.54 Å². The summed E-state index contributed by atoms with van der Waals surface area (Å²) in [4.78, 5) is 27.7. The number of nitrogens with one attached hydrogen (secondary N) is 1. The first-order chi connectivity index (χ1) is 14.0. The lowest BCUT2D eigenvalue weighted by Gasteiger charge is -2.38. The van der Waals surface area contributed by atoms with Gasteiger partial charge >= 0.3 is 0 Å². The highest BCUT2D eigenvalue weighted by atomic mass is 16.6. The van der Waals surface area contributed by atoms with Crippen molar-refractivity contribution in [1.29, 1.82) is 0 Å². The molecule has 1 fully saturated rings. The van der Waals surface area contributed by atoms with Crippen LogP contribution in [0.2, 0.25) is 0 Å². The second-order valence-electron chi connectivity index (χ2n) is 7.15. The zero-order valence-corrected chi connectivity index (χ0v) is 16.7. The summed E-state index contributed by atoms with van der Waals surface area (Å²) in [6, 6.07) is 13.7. The van der Waals surface area contributed by atoms with Gasteiger partial charge in [-0.3, -0.25) is 19.8 Å². The third kappa shape index (κ3) is 5.30. The van der Waals surface area contributed by atoms with E-state index in [-0.39, 0.29) is 23.2 Å². The van der Waals surface area contributed by atoms with Crippen molar-refractivity contribution in [3.05, 3.63) is 69.8 Å². The Morgan fingerprint density at radius 2 is 1.86 bits per heavy atom. The SMILES string of the molecule is COc1ccc([C@H](CNC(=O)c2cccc([N+](=O)[O-])c2)N2CCN(C)CC2)cc1. The van der Waals surface area contributed by atoms with Crippen molar-refractivity contribution in [2.45, 2.75) is 6.04 Å². The van der Waals surface area contributed by atoms with Gasteiger partial charge in [0.05, 0.1) is 18.1 Å². The van der Waals surface area contributed by atoms with Crippen LogP contribution in [-0.2, 0) is 0 Å². The van der Waals surface area contributed by atoms with Crippen LogP contribution in [0.25, 0.3) is 0 Å². The zero-order chi connectivity index (χ0) is 20.8. The van der Waals surface area contributed by atoms with E-state index in [1.54, 1.807) is 13.2 Å². The molecule has 3 rings (SSSR count). The Labute approximate surface area is 170 Å². The first kappa shape index (κ1) is 20.8. The fourth-order valence-electron chi connectivity index (χ4n) is 3.47. The van der Waals surface area contributed by atoms with Gasteiger partial charge in [-0.05, 0) is 30.8 Å². The Bertz CT molecular complexity index is 848. The van der Waals surface area contributed by atoms with Gasteiger partial charge in [0.2, 0.25) is 0 Å². The van der Waals surface area contributed by atoms with Gasteiger partial charge in [0.25, 0.3) is 11.6 Å². The molecule has 0 radical (unpaired) electrons. The number of benzene rings is 2. The monoisotopic (exact) mass is 398 g/mol. The van der Waals surface area contributed by atoms with Gasteiger partial charge in [-0.1, -0.05) is 18.2 Å². The zero-order valence-electron chi connectivity index (χ0n) is 16.7. The maximum atomic E-state index is 12.6. The van der Waals surface area contributed by atoms with Crippen LogP contribution < -0.4 is 10.1 Å². The molecule has 1 atom stereocenters. The van der Waals surface area contributed by atoms with Gasteiger partial charge in [0, 0.05) is 50.4 Å². The van der Waals surface area contributed by atoms with E-state index < -0.39 is 4.92 Å². The number of carbonyl (C=O) groups excluding carboxylic acids is 1. The summed E-state index contributed by atoms with van der Waals surface area (Å²) in [7, 11) is 3.73. The molecule has 0 spiro atoms. The van der Waals surface area contributed by atoms with Crippen molar-refractivity contribution in [3.8, 4) is 5.75 Å². The van der Waals surface area contributed by atoms with Crippen LogP contribution in [0, 0.1) is 10.1 Å². The van der Waals surface area contributed by atoms with E-state index in [4.69, 9.17) is 4.74 Å². The molecule has 29 heavy (non-hydrogen) atoms. The van der Waals surface area contributed by atoms with Crippen LogP contribution in [0.15, 0.2) is 48.5 Å². The molecule has 1 heterocycles. The Kier molecular flexibility index (Phi) is 6.79. The number of nitrogens with zero attached hydrogens (tertiary/aromatic N) is 3. The van der Waals surface area contributed by atoms with Crippen LogP contribution in [0.5, 0.6) is 5.75 Å². The molecule has 1 aliphatic rings. The summed E-state index contributed by atoms with van der Waals surface area (Å²) in [5.74, 6) is 0.466. The van der Waals surface area contributed by atoms with Crippen LogP contribution in [0.3, 0.4) is 0 Å². The van der Waals surface area contributed by atoms with Crippen LogP contribution in [0.4, 0.5) is 5.69 Å². The lowest BCUT2D eigenvalue weighted by atomic mass is 10.0. The first-order valence-electron chi connectivity index (χ1n) is 9.57. The maximum absolute atomic E-state index is 12.6. The van der Waals surface area contributed by atoms with Gasteiger partial charge in [-0.2, -0.15) is 0 Å². The predicted octanol–water partition coefficient (Wildman–Crippen LogP) is 2.32. The van der Waals surface area contributed by atoms with E-state index in [9.17, 15) is 14.9 Å². The molecule has 8 nitrogen and oxygen atoms in total. The second kappa shape index (κ2) is 9.49. The highest BCUT2D eigenvalue weighted by Gasteiger charge is 2.25. The van der Waals surface area contributed by atoms with Crippen molar-refractivity contribution >= 4 is 11.6 Å². The van der Waals surface area contributed by atoms with Crippen LogP contribution in [0.1, 0.15) is 22.0 Å². The molecule has 0 aromatic heterocycles. The van der Waals surface area contributed by atoms with Gasteiger partial charge in [0.1, 0.15) is 5.75 Å². The van der Waals surface area contributed by atoms with E-state index in [0.717, 1.165) is 37.5 Å². The van der Waals surface area contributed by atoms with E-state index >= 15 is 0 Å². The topological polar surface area (TPSA) is 87.9 Å². The standard InChI is InChI=1S/C21H26N4O4/c1-23-10-12-24(13-11-23)20(16-6-8-19(29-2)9-7-16)15-22-21(26)17-4-3-5-18(14-17)25(27)28/h3-9,14,20H,10-13,15H2,1-2H3,(H,22,26)/t20-/m0/s1. The molecule has 1 N–H and O–H groups in total. The third-order valence-corrected chi connectivity index (χ3v) is 5.25. The number of non-ortho nitro benzene ring substituents is 1. The summed E-state index contributed by atoms with van der Waals surface area (Å²) in [6.07, 6.45) is 0. The normalized spacial score (nSPS) is 16.2. The highest BCUT2D eigenvalue weighted by molar-refractivity contribution is 5.94. The minimum atomic E-state index is -0.499. The summed E-state index contributed by atoms with van der Waals surface area (Å²) in [5.41, 5.74) is 1.28. The highest BCUT2D eigenvalue weighted by Crippen LogP contribution is 2.24. The molecule has 0 saturated carbocycles. The Balaban J connectivity index is 1.74. The number of hydrogen-bond donors (Lipinski definition) is 1. The van der Waals surface area contributed by atoms with Crippen molar-refractivity contribution < 1.29 is 14.5 Å². The van der Waals surface area contributed by atoms with Gasteiger partial charge in [-0.25, -0.2) is 0 Å². The minimum Gasteiger partial charge on any atom is -0.497 e. The third-order valence-electron chi connectivity index (χ3n) is 5.25. The van der Waals surface area contributed by atoms with E-state index in [1.807, 2.05) is 24.3 Å². The molecular weight excluding hydrogens is 372 g/mol. The van der Waals surface area contributed by atoms with Gasteiger partial charge in [0.15, 0.2) is 0 Å². The van der Waals surface area contributed by atoms with Gasteiger partial charge < -0.3 is 15.0 Å². The molecule has 1 saturated heterocycles. The summed E-state index contributed by atoms with van der Waals surface area (Å²) >= 11 is 0. The molecule has 1 amide bonds. The number of methoxy groups -OCH3 is 1. The average Bonchev–Trinajstić information content (AvgIpc) is 2.75. The lowest BCUT2D eigenvalue weighted by Crippen LogP contribution is -2.48. The van der Waals surface area contributed by atoms with Gasteiger partial charge in [-0.15, -0.1) is 0 Å². The van der Waals surface area contributed by atoms with Crippen LogP contribution >= 0.6 is 0 Å². The van der Waals surface area contributed by atoms with E-state index in [1.165, 1.54) is 18.2 Å².